The first kappa shape index (κ1) is 19.2. The predicted octanol–water partition coefficient (Wildman–Crippen LogP) is 0.421. The van der Waals surface area contributed by atoms with Gasteiger partial charge in [0, 0.05) is 32.1 Å². The lowest BCUT2D eigenvalue weighted by atomic mass is 9.83. The van der Waals surface area contributed by atoms with Crippen LogP contribution in [0.4, 0.5) is 0 Å². The van der Waals surface area contributed by atoms with Gasteiger partial charge >= 0.3 is 0 Å². The minimum Gasteiger partial charge on any atom is -0.341 e. The van der Waals surface area contributed by atoms with Crippen LogP contribution < -0.4 is 4.72 Å². The summed E-state index contributed by atoms with van der Waals surface area (Å²) in [6.07, 6.45) is 4.18. The number of hydrogen-bond acceptors (Lipinski definition) is 4. The highest BCUT2D eigenvalue weighted by molar-refractivity contribution is 7.88. The Morgan fingerprint density at radius 3 is 2.67 bits per heavy atom. The zero-order valence-electron chi connectivity index (χ0n) is 14.8. The molecule has 2 atom stereocenters. The highest BCUT2D eigenvalue weighted by atomic mass is 32.2. The average Bonchev–Trinajstić information content (AvgIpc) is 2.50. The van der Waals surface area contributed by atoms with E-state index >= 15 is 0 Å². The summed E-state index contributed by atoms with van der Waals surface area (Å²) < 4.78 is 24.5. The maximum atomic E-state index is 12.3. The summed E-state index contributed by atoms with van der Waals surface area (Å²) in [5.74, 6) is 0.896. The van der Waals surface area contributed by atoms with Gasteiger partial charge in [0.25, 0.3) is 0 Å². The first-order valence-electron chi connectivity index (χ1n) is 8.69. The van der Waals surface area contributed by atoms with Crippen LogP contribution in [0.25, 0.3) is 0 Å². The smallest absolute Gasteiger partial charge is 0.237 e. The van der Waals surface area contributed by atoms with Crippen LogP contribution in [0.3, 0.4) is 0 Å². The van der Waals surface area contributed by atoms with Gasteiger partial charge in [0.2, 0.25) is 21.8 Å². The number of nitrogens with zero attached hydrogens (tertiary/aromatic N) is 2. The number of hydrogen-bond donors (Lipinski definition) is 1. The molecule has 2 rings (SSSR count). The third-order valence-electron chi connectivity index (χ3n) is 4.93. The van der Waals surface area contributed by atoms with E-state index in [0.29, 0.717) is 31.3 Å². The van der Waals surface area contributed by atoms with E-state index in [1.54, 1.807) is 4.90 Å². The zero-order valence-corrected chi connectivity index (χ0v) is 15.6. The SMILES string of the molecule is CC(C)CCN1C(=O)CC[C@H]2CN(C(=O)CNS(C)(=O)=O)CC[C@H]21. The number of rotatable bonds is 6. The molecule has 1 N–H and O–H groups in total. The van der Waals surface area contributed by atoms with Gasteiger partial charge in [0.15, 0.2) is 0 Å². The molecule has 0 aliphatic carbocycles. The second-order valence-corrected chi connectivity index (χ2v) is 9.19. The number of nitrogens with one attached hydrogen (secondary N) is 1. The summed E-state index contributed by atoms with van der Waals surface area (Å²) in [5, 5.41) is 0. The largest absolute Gasteiger partial charge is 0.341 e. The highest BCUT2D eigenvalue weighted by Gasteiger charge is 2.40. The maximum Gasteiger partial charge on any atom is 0.237 e. The van der Waals surface area contributed by atoms with Crippen molar-refractivity contribution in [3.05, 3.63) is 0 Å². The summed E-state index contributed by atoms with van der Waals surface area (Å²) >= 11 is 0. The Kier molecular flexibility index (Phi) is 6.25. The summed E-state index contributed by atoms with van der Waals surface area (Å²) in [4.78, 5) is 28.2. The topological polar surface area (TPSA) is 86.8 Å². The lowest BCUT2D eigenvalue weighted by Crippen LogP contribution is -2.57. The van der Waals surface area contributed by atoms with Crippen molar-refractivity contribution >= 4 is 21.8 Å². The van der Waals surface area contributed by atoms with E-state index in [1.165, 1.54) is 0 Å². The quantitative estimate of drug-likeness (QED) is 0.745. The third-order valence-corrected chi connectivity index (χ3v) is 5.60. The van der Waals surface area contributed by atoms with Crippen molar-refractivity contribution in [2.45, 2.75) is 45.6 Å². The number of sulfonamides is 1. The molecule has 8 heteroatoms. The van der Waals surface area contributed by atoms with Gasteiger partial charge in [-0.3, -0.25) is 9.59 Å². The fourth-order valence-corrected chi connectivity index (χ4v) is 3.96. The van der Waals surface area contributed by atoms with Crippen molar-refractivity contribution in [3.63, 3.8) is 0 Å². The Morgan fingerprint density at radius 1 is 1.33 bits per heavy atom. The van der Waals surface area contributed by atoms with Gasteiger partial charge in [-0.05, 0) is 31.1 Å². The van der Waals surface area contributed by atoms with E-state index in [0.717, 1.165) is 32.1 Å². The number of amides is 2. The molecule has 0 spiro atoms. The maximum absolute atomic E-state index is 12.3. The second-order valence-electron chi connectivity index (χ2n) is 7.36. The summed E-state index contributed by atoms with van der Waals surface area (Å²) in [5.41, 5.74) is 0. The molecule has 2 heterocycles. The molecular formula is C16H29N3O4S. The molecule has 0 aromatic carbocycles. The third kappa shape index (κ3) is 5.17. The molecule has 0 aromatic heterocycles. The van der Waals surface area contributed by atoms with Gasteiger partial charge in [0.05, 0.1) is 12.8 Å². The molecule has 2 aliphatic rings. The van der Waals surface area contributed by atoms with Crippen molar-refractivity contribution in [2.75, 3.05) is 32.4 Å². The minimum atomic E-state index is -3.36. The lowest BCUT2D eigenvalue weighted by molar-refractivity contribution is -0.144. The molecule has 7 nitrogen and oxygen atoms in total. The first-order valence-corrected chi connectivity index (χ1v) is 10.6. The van der Waals surface area contributed by atoms with Crippen LogP contribution in [-0.2, 0) is 19.6 Å². The van der Waals surface area contributed by atoms with Crippen LogP contribution in [0.1, 0.15) is 39.5 Å². The minimum absolute atomic E-state index is 0.188. The van der Waals surface area contributed by atoms with Gasteiger partial charge in [-0.2, -0.15) is 0 Å². The van der Waals surface area contributed by atoms with E-state index in [-0.39, 0.29) is 24.4 Å². The molecule has 0 radical (unpaired) electrons. The Bertz CT molecular complexity index is 576. The van der Waals surface area contributed by atoms with Gasteiger partial charge in [0.1, 0.15) is 0 Å². The predicted molar refractivity (Wildman–Crippen MR) is 91.7 cm³/mol. The molecule has 2 aliphatic heterocycles. The van der Waals surface area contributed by atoms with Crippen LogP contribution in [0, 0.1) is 11.8 Å². The lowest BCUT2D eigenvalue weighted by Gasteiger charge is -2.47. The molecule has 2 saturated heterocycles. The molecule has 0 aromatic rings. The number of carbonyl (C=O) groups is 2. The Balaban J connectivity index is 1.93. The van der Waals surface area contributed by atoms with Crippen LogP contribution >= 0.6 is 0 Å². The first-order chi connectivity index (χ1) is 11.2. The monoisotopic (exact) mass is 359 g/mol. The number of likely N-dealkylation sites (tertiary alicyclic amines) is 2. The molecule has 138 valence electrons. The van der Waals surface area contributed by atoms with Gasteiger partial charge in [-0.15, -0.1) is 0 Å². The molecule has 24 heavy (non-hydrogen) atoms. The molecule has 0 unspecified atom stereocenters. The number of carbonyl (C=O) groups excluding carboxylic acids is 2. The highest BCUT2D eigenvalue weighted by Crippen LogP contribution is 2.31. The Morgan fingerprint density at radius 2 is 2.04 bits per heavy atom. The molecule has 0 saturated carbocycles. The van der Waals surface area contributed by atoms with Crippen molar-refractivity contribution in [2.24, 2.45) is 11.8 Å². The summed E-state index contributed by atoms with van der Waals surface area (Å²) in [6, 6.07) is 0.219. The number of fused-ring (bicyclic) bond motifs is 1. The van der Waals surface area contributed by atoms with E-state index in [2.05, 4.69) is 18.6 Å². The molecular weight excluding hydrogens is 330 g/mol. The average molecular weight is 359 g/mol. The van der Waals surface area contributed by atoms with Crippen LogP contribution in [-0.4, -0.2) is 68.5 Å². The van der Waals surface area contributed by atoms with Crippen LogP contribution in [0.15, 0.2) is 0 Å². The van der Waals surface area contributed by atoms with Crippen LogP contribution in [0.2, 0.25) is 0 Å². The zero-order chi connectivity index (χ0) is 17.9. The van der Waals surface area contributed by atoms with Gasteiger partial charge in [-0.1, -0.05) is 13.8 Å². The van der Waals surface area contributed by atoms with Gasteiger partial charge < -0.3 is 9.80 Å². The van der Waals surface area contributed by atoms with Crippen molar-refractivity contribution in [1.29, 1.82) is 0 Å². The van der Waals surface area contributed by atoms with Crippen molar-refractivity contribution in [1.82, 2.24) is 14.5 Å². The molecule has 2 fully saturated rings. The summed E-state index contributed by atoms with van der Waals surface area (Å²) in [7, 11) is -3.36. The fraction of sp³-hybridized carbons (Fsp3) is 0.875. The second kappa shape index (κ2) is 7.82. The number of piperidine rings is 2. The Hall–Kier alpha value is -1.15. The van der Waals surface area contributed by atoms with Crippen molar-refractivity contribution in [3.8, 4) is 0 Å². The standard InChI is InChI=1S/C16H29N3O4S/c1-12(2)6-9-19-14-7-8-18(11-13(14)4-5-15(19)20)16(21)10-17-24(3,22)23/h12-14,17H,4-11H2,1-3H3/t13-,14+/m0/s1. The van der Waals surface area contributed by atoms with Gasteiger partial charge in [-0.25, -0.2) is 13.1 Å². The van der Waals surface area contributed by atoms with Crippen LogP contribution in [0.5, 0.6) is 0 Å². The van der Waals surface area contributed by atoms with E-state index in [4.69, 9.17) is 0 Å². The van der Waals surface area contributed by atoms with Crippen molar-refractivity contribution < 1.29 is 18.0 Å². The fourth-order valence-electron chi connectivity index (χ4n) is 3.57. The molecule has 0 bridgehead atoms. The van der Waals surface area contributed by atoms with E-state index < -0.39 is 10.0 Å². The van der Waals surface area contributed by atoms with E-state index in [9.17, 15) is 18.0 Å². The van der Waals surface area contributed by atoms with E-state index in [1.807, 2.05) is 4.90 Å². The Labute approximate surface area is 144 Å². The molecule has 2 amide bonds. The summed E-state index contributed by atoms with van der Waals surface area (Å²) in [6.45, 7) is 6.11. The normalized spacial score (nSPS) is 25.1.